The number of benzene rings is 2. The lowest BCUT2D eigenvalue weighted by Gasteiger charge is -2.14. The van der Waals surface area contributed by atoms with Crippen LogP contribution in [0.15, 0.2) is 60.8 Å². The van der Waals surface area contributed by atoms with Crippen molar-refractivity contribution >= 4 is 41.6 Å². The summed E-state index contributed by atoms with van der Waals surface area (Å²) >= 11 is 0. The molecule has 0 aliphatic carbocycles. The molecule has 0 bridgehead atoms. The quantitative estimate of drug-likeness (QED) is 0.389. The van der Waals surface area contributed by atoms with Gasteiger partial charge in [0.1, 0.15) is 28.9 Å². The number of hydrogen-bond acceptors (Lipinski definition) is 5. The highest BCUT2D eigenvalue weighted by Gasteiger charge is 2.17. The molecule has 0 aliphatic rings. The van der Waals surface area contributed by atoms with E-state index in [9.17, 15) is 23.5 Å². The number of pyridine rings is 1. The molecule has 3 aromatic rings. The molecule has 0 fully saturated rings. The summed E-state index contributed by atoms with van der Waals surface area (Å²) in [6, 6.07) is 12.4. The number of rotatable bonds is 7. The van der Waals surface area contributed by atoms with Crippen LogP contribution in [0, 0.1) is 5.82 Å². The van der Waals surface area contributed by atoms with Gasteiger partial charge in [-0.3, -0.25) is 9.36 Å². The standard InChI is InChI=1S/C21H20FN2O6P.BrH/c1-13(2)29-17-9-14(21(25)24-20-8-3-15(22)12-23-20)10-18(11-17)30-16-4-6-19(7-5-16)31(26,27)28;/h3-13H,1-2H3,(H,23,24,25)(H2,26,27,28);1H. The molecule has 1 heterocycles. The fourth-order valence-electron chi connectivity index (χ4n) is 2.58. The van der Waals surface area contributed by atoms with Crippen molar-refractivity contribution in [2.24, 2.45) is 0 Å². The van der Waals surface area contributed by atoms with Gasteiger partial charge < -0.3 is 24.6 Å². The first-order chi connectivity index (χ1) is 14.6. The number of halogens is 2. The van der Waals surface area contributed by atoms with Gasteiger partial charge in [-0.05, 0) is 62.4 Å². The van der Waals surface area contributed by atoms with Crippen LogP contribution in [-0.2, 0) is 4.57 Å². The Labute approximate surface area is 194 Å². The molecular formula is C21H21BrFN2O6P. The smallest absolute Gasteiger partial charge is 0.356 e. The minimum absolute atomic E-state index is 0. The molecule has 0 unspecified atom stereocenters. The van der Waals surface area contributed by atoms with Gasteiger partial charge in [0.05, 0.1) is 17.6 Å². The summed E-state index contributed by atoms with van der Waals surface area (Å²) in [6.07, 6.45) is 0.830. The summed E-state index contributed by atoms with van der Waals surface area (Å²) in [7, 11) is -4.36. The fraction of sp³-hybridized carbons (Fsp3) is 0.143. The van der Waals surface area contributed by atoms with Crippen molar-refractivity contribution in [1.29, 1.82) is 0 Å². The summed E-state index contributed by atoms with van der Waals surface area (Å²) in [4.78, 5) is 34.9. The van der Waals surface area contributed by atoms with Gasteiger partial charge in [0.15, 0.2) is 0 Å². The largest absolute Gasteiger partial charge is 0.491 e. The maximum absolute atomic E-state index is 13.0. The first-order valence-electron chi connectivity index (χ1n) is 9.19. The molecular weight excluding hydrogens is 506 g/mol. The molecule has 0 atom stereocenters. The highest BCUT2D eigenvalue weighted by molar-refractivity contribution is 8.93. The Hall–Kier alpha value is -2.78. The monoisotopic (exact) mass is 526 g/mol. The molecule has 1 amide bonds. The Morgan fingerprint density at radius 2 is 1.69 bits per heavy atom. The summed E-state index contributed by atoms with van der Waals surface area (Å²) in [5.74, 6) is 0.124. The van der Waals surface area contributed by atoms with E-state index in [0.717, 1.165) is 6.20 Å². The van der Waals surface area contributed by atoms with Gasteiger partial charge in [-0.25, -0.2) is 9.37 Å². The number of hydrogen-bond donors (Lipinski definition) is 3. The maximum Gasteiger partial charge on any atom is 0.356 e. The summed E-state index contributed by atoms with van der Waals surface area (Å²) in [6.45, 7) is 3.66. The number of aromatic nitrogens is 1. The first kappa shape index (κ1) is 25.5. The molecule has 2 aromatic carbocycles. The van der Waals surface area contributed by atoms with Gasteiger partial charge in [-0.1, -0.05) is 0 Å². The number of anilines is 1. The van der Waals surface area contributed by atoms with Gasteiger partial charge in [-0.15, -0.1) is 17.0 Å². The van der Waals surface area contributed by atoms with Crippen LogP contribution >= 0.6 is 24.6 Å². The molecule has 0 spiro atoms. The van der Waals surface area contributed by atoms with E-state index in [-0.39, 0.29) is 45.5 Å². The lowest BCUT2D eigenvalue weighted by Crippen LogP contribution is -2.14. The topological polar surface area (TPSA) is 118 Å². The van der Waals surface area contributed by atoms with Crippen LogP contribution < -0.4 is 20.1 Å². The van der Waals surface area contributed by atoms with Crippen molar-refractivity contribution < 1.29 is 33.0 Å². The maximum atomic E-state index is 13.0. The molecule has 32 heavy (non-hydrogen) atoms. The van der Waals surface area contributed by atoms with Crippen LogP contribution in [0.25, 0.3) is 0 Å². The Kier molecular flexibility index (Phi) is 8.51. The van der Waals surface area contributed by atoms with Crippen molar-refractivity contribution in [2.45, 2.75) is 20.0 Å². The third kappa shape index (κ3) is 7.13. The zero-order chi connectivity index (χ0) is 22.6. The molecule has 8 nitrogen and oxygen atoms in total. The van der Waals surface area contributed by atoms with Gasteiger partial charge >= 0.3 is 7.60 Å². The summed E-state index contributed by atoms with van der Waals surface area (Å²) in [5, 5.41) is 2.43. The average molecular weight is 527 g/mol. The van der Waals surface area contributed by atoms with E-state index >= 15 is 0 Å². The molecule has 0 saturated heterocycles. The molecule has 3 N–H and O–H groups in total. The number of nitrogens with zero attached hydrogens (tertiary/aromatic N) is 1. The summed E-state index contributed by atoms with van der Waals surface area (Å²) < 4.78 is 35.8. The summed E-state index contributed by atoms with van der Waals surface area (Å²) in [5.41, 5.74) is 0.214. The molecule has 0 radical (unpaired) electrons. The van der Waals surface area contributed by atoms with Crippen LogP contribution in [0.5, 0.6) is 17.2 Å². The van der Waals surface area contributed by atoms with E-state index < -0.39 is 19.3 Å². The van der Waals surface area contributed by atoms with Gasteiger partial charge in [0.2, 0.25) is 0 Å². The fourth-order valence-corrected chi connectivity index (χ4v) is 3.12. The second-order valence-electron chi connectivity index (χ2n) is 6.82. The lowest BCUT2D eigenvalue weighted by atomic mass is 10.2. The highest BCUT2D eigenvalue weighted by Crippen LogP contribution is 2.34. The Bertz CT molecular complexity index is 1120. The molecule has 0 saturated carbocycles. The van der Waals surface area contributed by atoms with Gasteiger partial charge in [0.25, 0.3) is 5.91 Å². The van der Waals surface area contributed by atoms with Gasteiger partial charge in [-0.2, -0.15) is 0 Å². The van der Waals surface area contributed by atoms with Crippen LogP contribution in [0.4, 0.5) is 10.2 Å². The van der Waals surface area contributed by atoms with E-state index in [2.05, 4.69) is 10.3 Å². The number of nitrogens with one attached hydrogen (secondary N) is 1. The Morgan fingerprint density at radius 3 is 2.25 bits per heavy atom. The Balaban J connectivity index is 0.00000363. The Morgan fingerprint density at radius 1 is 1.03 bits per heavy atom. The van der Waals surface area contributed by atoms with Crippen molar-refractivity contribution in [2.75, 3.05) is 5.32 Å². The molecule has 0 aliphatic heterocycles. The van der Waals surface area contributed by atoms with Gasteiger partial charge in [0, 0.05) is 11.6 Å². The first-order valence-corrected chi connectivity index (χ1v) is 10.8. The minimum atomic E-state index is -4.36. The number of amides is 1. The van der Waals surface area contributed by atoms with E-state index in [1.165, 1.54) is 48.5 Å². The predicted molar refractivity (Wildman–Crippen MR) is 123 cm³/mol. The third-order valence-corrected chi connectivity index (χ3v) is 4.86. The lowest BCUT2D eigenvalue weighted by molar-refractivity contribution is 0.102. The predicted octanol–water partition coefficient (Wildman–Crippen LogP) is 4.43. The minimum Gasteiger partial charge on any atom is -0.491 e. The van der Waals surface area contributed by atoms with Crippen molar-refractivity contribution in [3.05, 3.63) is 72.2 Å². The average Bonchev–Trinajstić information content (AvgIpc) is 2.69. The second kappa shape index (κ2) is 10.7. The normalized spacial score (nSPS) is 10.9. The number of carbonyl (C=O) groups excluding carboxylic acids is 1. The van der Waals surface area contributed by atoms with Crippen LogP contribution in [0.1, 0.15) is 24.2 Å². The zero-order valence-corrected chi connectivity index (χ0v) is 19.7. The molecule has 11 heteroatoms. The van der Waals surface area contributed by atoms with E-state index in [4.69, 9.17) is 9.47 Å². The van der Waals surface area contributed by atoms with Crippen LogP contribution in [0.3, 0.4) is 0 Å². The number of ether oxygens (including phenoxy) is 2. The molecule has 170 valence electrons. The van der Waals surface area contributed by atoms with Crippen molar-refractivity contribution in [3.63, 3.8) is 0 Å². The molecule has 3 rings (SSSR count). The zero-order valence-electron chi connectivity index (χ0n) is 17.1. The van der Waals surface area contributed by atoms with E-state index in [1.807, 2.05) is 13.8 Å². The molecule has 1 aromatic heterocycles. The van der Waals surface area contributed by atoms with Crippen LogP contribution in [0.2, 0.25) is 0 Å². The number of carbonyl (C=O) groups is 1. The highest BCUT2D eigenvalue weighted by atomic mass is 79.9. The van der Waals surface area contributed by atoms with E-state index in [0.29, 0.717) is 11.5 Å². The van der Waals surface area contributed by atoms with E-state index in [1.54, 1.807) is 6.07 Å². The van der Waals surface area contributed by atoms with Crippen LogP contribution in [-0.4, -0.2) is 26.8 Å². The van der Waals surface area contributed by atoms with Crippen molar-refractivity contribution in [1.82, 2.24) is 4.98 Å². The third-order valence-electron chi connectivity index (χ3n) is 3.89. The van der Waals surface area contributed by atoms with Crippen molar-refractivity contribution in [3.8, 4) is 17.2 Å². The SMILES string of the molecule is Br.CC(C)Oc1cc(Oc2ccc(P(=O)(O)O)cc2)cc(C(=O)Nc2ccc(F)cn2)c1. The second-order valence-corrected chi connectivity index (χ2v) is 8.42.